The van der Waals surface area contributed by atoms with Gasteiger partial charge in [-0.1, -0.05) is 0 Å². The lowest BCUT2D eigenvalue weighted by atomic mass is 9.93. The maximum atomic E-state index is 5.86. The number of rotatable bonds is 0. The number of piperidine rings is 1. The standard InChI is InChI=1S/C9H17NO2/c1-8(2)11-7-4-5-10-6-9(7,3)12-8/h7,10H,4-6H2,1-3H3/t7-,9+/m0/s1. The zero-order valence-corrected chi connectivity index (χ0v) is 8.02. The second-order valence-corrected chi connectivity index (χ2v) is 4.39. The first-order valence-corrected chi connectivity index (χ1v) is 4.61. The van der Waals surface area contributed by atoms with E-state index >= 15 is 0 Å². The van der Waals surface area contributed by atoms with Crippen molar-refractivity contribution in [1.82, 2.24) is 5.32 Å². The minimum absolute atomic E-state index is 0.109. The van der Waals surface area contributed by atoms with Crippen molar-refractivity contribution in [3.8, 4) is 0 Å². The Morgan fingerprint density at radius 1 is 1.33 bits per heavy atom. The van der Waals surface area contributed by atoms with Crippen LogP contribution in [0.2, 0.25) is 0 Å². The summed E-state index contributed by atoms with van der Waals surface area (Å²) in [5.41, 5.74) is -0.109. The number of ether oxygens (including phenoxy) is 2. The van der Waals surface area contributed by atoms with E-state index in [9.17, 15) is 0 Å². The summed E-state index contributed by atoms with van der Waals surface area (Å²) in [7, 11) is 0. The summed E-state index contributed by atoms with van der Waals surface area (Å²) in [6.07, 6.45) is 1.33. The van der Waals surface area contributed by atoms with Gasteiger partial charge in [0.15, 0.2) is 5.79 Å². The topological polar surface area (TPSA) is 30.5 Å². The van der Waals surface area contributed by atoms with Gasteiger partial charge in [-0.2, -0.15) is 0 Å². The minimum Gasteiger partial charge on any atom is -0.344 e. The Labute approximate surface area is 73.4 Å². The Balaban J connectivity index is 2.16. The number of fused-ring (bicyclic) bond motifs is 1. The maximum Gasteiger partial charge on any atom is 0.164 e. The molecule has 0 aromatic rings. The summed E-state index contributed by atoms with van der Waals surface area (Å²) in [6.45, 7) is 8.03. The average Bonchev–Trinajstić information content (AvgIpc) is 2.16. The molecule has 1 N–H and O–H groups in total. The Morgan fingerprint density at radius 3 is 2.75 bits per heavy atom. The highest BCUT2D eigenvalue weighted by Gasteiger charge is 2.50. The fourth-order valence-electron chi connectivity index (χ4n) is 2.20. The average molecular weight is 171 g/mol. The fraction of sp³-hybridized carbons (Fsp3) is 1.00. The molecule has 2 fully saturated rings. The van der Waals surface area contributed by atoms with Gasteiger partial charge < -0.3 is 14.8 Å². The van der Waals surface area contributed by atoms with Crippen molar-refractivity contribution < 1.29 is 9.47 Å². The molecule has 2 saturated heterocycles. The largest absolute Gasteiger partial charge is 0.344 e. The highest BCUT2D eigenvalue weighted by atomic mass is 16.8. The van der Waals surface area contributed by atoms with Crippen LogP contribution in [0.15, 0.2) is 0 Å². The van der Waals surface area contributed by atoms with E-state index in [1.165, 1.54) is 0 Å². The highest BCUT2D eigenvalue weighted by Crippen LogP contribution is 2.38. The van der Waals surface area contributed by atoms with Crippen molar-refractivity contribution in [3.63, 3.8) is 0 Å². The number of hydrogen-bond donors (Lipinski definition) is 1. The molecule has 70 valence electrons. The van der Waals surface area contributed by atoms with Gasteiger partial charge in [0.2, 0.25) is 0 Å². The molecule has 2 aliphatic rings. The van der Waals surface area contributed by atoms with Gasteiger partial charge in [-0.25, -0.2) is 0 Å². The molecule has 0 amide bonds. The lowest BCUT2D eigenvalue weighted by molar-refractivity contribution is -0.158. The molecular formula is C9H17NO2. The van der Waals surface area contributed by atoms with E-state index < -0.39 is 5.79 Å². The molecule has 3 nitrogen and oxygen atoms in total. The van der Waals surface area contributed by atoms with E-state index in [0.717, 1.165) is 19.5 Å². The van der Waals surface area contributed by atoms with Crippen LogP contribution < -0.4 is 5.32 Å². The number of hydrogen-bond acceptors (Lipinski definition) is 3. The van der Waals surface area contributed by atoms with Crippen molar-refractivity contribution in [1.29, 1.82) is 0 Å². The molecule has 0 aliphatic carbocycles. The van der Waals surface area contributed by atoms with Gasteiger partial charge in [0, 0.05) is 6.54 Å². The normalized spacial score (nSPS) is 45.8. The van der Waals surface area contributed by atoms with Gasteiger partial charge in [-0.3, -0.25) is 0 Å². The van der Waals surface area contributed by atoms with Crippen LogP contribution in [0.25, 0.3) is 0 Å². The summed E-state index contributed by atoms with van der Waals surface area (Å²) >= 11 is 0. The van der Waals surface area contributed by atoms with Crippen LogP contribution in [0.3, 0.4) is 0 Å². The van der Waals surface area contributed by atoms with E-state index in [0.29, 0.717) is 0 Å². The van der Waals surface area contributed by atoms with Crippen molar-refractivity contribution in [2.24, 2.45) is 0 Å². The third kappa shape index (κ3) is 1.26. The zero-order chi connectivity index (χ0) is 8.82. The molecule has 0 aromatic heterocycles. The van der Waals surface area contributed by atoms with E-state index in [1.54, 1.807) is 0 Å². The van der Waals surface area contributed by atoms with Crippen LogP contribution in [-0.2, 0) is 9.47 Å². The first-order chi connectivity index (χ1) is 5.52. The molecule has 0 radical (unpaired) electrons. The Kier molecular flexibility index (Phi) is 1.72. The van der Waals surface area contributed by atoms with Gasteiger partial charge in [0.05, 0.1) is 6.10 Å². The fourth-order valence-corrected chi connectivity index (χ4v) is 2.20. The van der Waals surface area contributed by atoms with Crippen molar-refractivity contribution in [2.75, 3.05) is 13.1 Å². The molecular weight excluding hydrogens is 154 g/mol. The highest BCUT2D eigenvalue weighted by molar-refractivity contribution is 4.97. The maximum absolute atomic E-state index is 5.86. The molecule has 2 rings (SSSR count). The van der Waals surface area contributed by atoms with Crippen LogP contribution in [-0.4, -0.2) is 30.6 Å². The summed E-state index contributed by atoms with van der Waals surface area (Å²) in [5.74, 6) is -0.397. The third-order valence-corrected chi connectivity index (χ3v) is 2.65. The van der Waals surface area contributed by atoms with E-state index in [-0.39, 0.29) is 11.7 Å². The second kappa shape index (κ2) is 2.44. The van der Waals surface area contributed by atoms with Crippen LogP contribution >= 0.6 is 0 Å². The van der Waals surface area contributed by atoms with Gasteiger partial charge >= 0.3 is 0 Å². The van der Waals surface area contributed by atoms with Crippen molar-refractivity contribution in [3.05, 3.63) is 0 Å². The van der Waals surface area contributed by atoms with Gasteiger partial charge in [-0.15, -0.1) is 0 Å². The minimum atomic E-state index is -0.397. The molecule has 0 unspecified atom stereocenters. The molecule has 0 bridgehead atoms. The first kappa shape index (κ1) is 8.48. The first-order valence-electron chi connectivity index (χ1n) is 4.61. The van der Waals surface area contributed by atoms with E-state index in [4.69, 9.17) is 9.47 Å². The molecule has 2 aliphatic heterocycles. The van der Waals surface area contributed by atoms with Crippen molar-refractivity contribution in [2.45, 2.75) is 44.7 Å². The predicted octanol–water partition coefficient (Wildman–Crippen LogP) is 0.890. The monoisotopic (exact) mass is 171 g/mol. The lowest BCUT2D eigenvalue weighted by Crippen LogP contribution is -2.51. The van der Waals surface area contributed by atoms with Crippen LogP contribution in [0.5, 0.6) is 0 Å². The third-order valence-electron chi connectivity index (χ3n) is 2.65. The lowest BCUT2D eigenvalue weighted by Gasteiger charge is -2.33. The van der Waals surface area contributed by atoms with Crippen LogP contribution in [0.4, 0.5) is 0 Å². The van der Waals surface area contributed by atoms with Gasteiger partial charge in [0.25, 0.3) is 0 Å². The molecule has 0 aromatic carbocycles. The smallest absolute Gasteiger partial charge is 0.164 e. The van der Waals surface area contributed by atoms with Crippen molar-refractivity contribution >= 4 is 0 Å². The SMILES string of the molecule is CC1(C)O[C@H]2CCNC[C@@]2(C)O1. The Hall–Kier alpha value is -0.120. The van der Waals surface area contributed by atoms with Gasteiger partial charge in [-0.05, 0) is 33.7 Å². The molecule has 3 heteroatoms. The molecule has 0 spiro atoms. The Bertz CT molecular complexity index is 193. The van der Waals surface area contributed by atoms with E-state index in [2.05, 4.69) is 12.2 Å². The molecule has 2 atom stereocenters. The van der Waals surface area contributed by atoms with Gasteiger partial charge in [0.1, 0.15) is 5.60 Å². The summed E-state index contributed by atoms with van der Waals surface area (Å²) < 4.78 is 11.6. The van der Waals surface area contributed by atoms with E-state index in [1.807, 2.05) is 13.8 Å². The molecule has 12 heavy (non-hydrogen) atoms. The molecule has 0 saturated carbocycles. The predicted molar refractivity (Wildman–Crippen MR) is 45.9 cm³/mol. The van der Waals surface area contributed by atoms with Crippen LogP contribution in [0, 0.1) is 0 Å². The summed E-state index contributed by atoms with van der Waals surface area (Å²) in [4.78, 5) is 0. The zero-order valence-electron chi connectivity index (χ0n) is 8.02. The quantitative estimate of drug-likeness (QED) is 0.587. The molecule has 2 heterocycles. The van der Waals surface area contributed by atoms with Crippen LogP contribution in [0.1, 0.15) is 27.2 Å². The summed E-state index contributed by atoms with van der Waals surface area (Å²) in [5, 5.41) is 3.33. The second-order valence-electron chi connectivity index (χ2n) is 4.39. The summed E-state index contributed by atoms with van der Waals surface area (Å²) in [6, 6.07) is 0. The number of nitrogens with one attached hydrogen (secondary N) is 1. The Morgan fingerprint density at radius 2 is 2.08 bits per heavy atom.